The normalized spacial score (nSPS) is 10.7. The Bertz CT molecular complexity index is 863. The van der Waals surface area contributed by atoms with Crippen molar-refractivity contribution in [3.8, 4) is 5.75 Å². The lowest BCUT2D eigenvalue weighted by Gasteiger charge is -2.12. The van der Waals surface area contributed by atoms with E-state index in [-0.39, 0.29) is 11.6 Å². The van der Waals surface area contributed by atoms with E-state index in [1.54, 1.807) is 18.2 Å². The SMILES string of the molecule is CCCCCOc1cc(/C=C/C(=O)NCCc2ccc([N+](=O)[O-])cc2)ccc1NC. The molecule has 2 aromatic carbocycles. The van der Waals surface area contributed by atoms with Gasteiger partial charge in [0.15, 0.2) is 0 Å². The average Bonchev–Trinajstić information content (AvgIpc) is 2.75. The van der Waals surface area contributed by atoms with Gasteiger partial charge in [-0.15, -0.1) is 0 Å². The lowest BCUT2D eigenvalue weighted by Crippen LogP contribution is -2.23. The molecule has 0 bridgehead atoms. The van der Waals surface area contributed by atoms with Gasteiger partial charge in [0.25, 0.3) is 5.69 Å². The summed E-state index contributed by atoms with van der Waals surface area (Å²) >= 11 is 0. The lowest BCUT2D eigenvalue weighted by molar-refractivity contribution is -0.384. The second kappa shape index (κ2) is 12.3. The number of nitrogens with zero attached hydrogens (tertiary/aromatic N) is 1. The van der Waals surface area contributed by atoms with Gasteiger partial charge in [-0.1, -0.05) is 38.0 Å². The van der Waals surface area contributed by atoms with Gasteiger partial charge in [0.05, 0.1) is 17.2 Å². The summed E-state index contributed by atoms with van der Waals surface area (Å²) < 4.78 is 5.88. The van der Waals surface area contributed by atoms with Gasteiger partial charge in [0.2, 0.25) is 5.91 Å². The number of hydrogen-bond donors (Lipinski definition) is 2. The number of amides is 1. The smallest absolute Gasteiger partial charge is 0.269 e. The lowest BCUT2D eigenvalue weighted by atomic mass is 10.1. The largest absolute Gasteiger partial charge is 0.491 e. The van der Waals surface area contributed by atoms with Crippen molar-refractivity contribution >= 4 is 23.4 Å². The third kappa shape index (κ3) is 7.58. The van der Waals surface area contributed by atoms with Crippen LogP contribution in [0.2, 0.25) is 0 Å². The zero-order valence-corrected chi connectivity index (χ0v) is 17.5. The van der Waals surface area contributed by atoms with Gasteiger partial charge in [-0.25, -0.2) is 0 Å². The predicted octanol–water partition coefficient (Wildman–Crippen LogP) is 4.58. The first-order valence-electron chi connectivity index (χ1n) is 10.2. The number of ether oxygens (including phenoxy) is 1. The van der Waals surface area contributed by atoms with Crippen LogP contribution in [0.15, 0.2) is 48.5 Å². The van der Waals surface area contributed by atoms with E-state index in [9.17, 15) is 14.9 Å². The van der Waals surface area contributed by atoms with Crippen molar-refractivity contribution < 1.29 is 14.5 Å². The fourth-order valence-corrected chi connectivity index (χ4v) is 2.85. The van der Waals surface area contributed by atoms with Crippen molar-refractivity contribution in [2.45, 2.75) is 32.6 Å². The monoisotopic (exact) mass is 411 g/mol. The molecule has 0 aliphatic heterocycles. The molecule has 0 aliphatic rings. The number of hydrogen-bond acceptors (Lipinski definition) is 5. The Balaban J connectivity index is 1.85. The zero-order valence-electron chi connectivity index (χ0n) is 17.5. The van der Waals surface area contributed by atoms with Gasteiger partial charge in [0.1, 0.15) is 5.75 Å². The maximum absolute atomic E-state index is 12.1. The van der Waals surface area contributed by atoms with Gasteiger partial charge < -0.3 is 15.4 Å². The van der Waals surface area contributed by atoms with Crippen LogP contribution in [0.25, 0.3) is 6.08 Å². The van der Waals surface area contributed by atoms with Gasteiger partial charge in [0, 0.05) is 31.8 Å². The Morgan fingerprint density at radius 3 is 2.60 bits per heavy atom. The molecule has 0 aromatic heterocycles. The summed E-state index contributed by atoms with van der Waals surface area (Å²) in [6.45, 7) is 3.27. The average molecular weight is 412 g/mol. The first kappa shape index (κ1) is 22.9. The highest BCUT2D eigenvalue weighted by molar-refractivity contribution is 5.91. The maximum atomic E-state index is 12.1. The van der Waals surface area contributed by atoms with Crippen LogP contribution in [0.3, 0.4) is 0 Å². The summed E-state index contributed by atoms with van der Waals surface area (Å²) in [5.74, 6) is 0.578. The minimum atomic E-state index is -0.429. The summed E-state index contributed by atoms with van der Waals surface area (Å²) in [5, 5.41) is 16.6. The third-order valence-corrected chi connectivity index (χ3v) is 4.57. The molecule has 0 heterocycles. The van der Waals surface area contributed by atoms with E-state index >= 15 is 0 Å². The first-order chi connectivity index (χ1) is 14.5. The number of carbonyl (C=O) groups excluding carboxylic acids is 1. The van der Waals surface area contributed by atoms with Gasteiger partial charge in [-0.2, -0.15) is 0 Å². The van der Waals surface area contributed by atoms with Crippen LogP contribution in [0.4, 0.5) is 11.4 Å². The number of rotatable bonds is 12. The number of nitro groups is 1. The highest BCUT2D eigenvalue weighted by Crippen LogP contribution is 2.26. The van der Waals surface area contributed by atoms with E-state index in [0.29, 0.717) is 19.6 Å². The number of nitrogens with one attached hydrogen (secondary N) is 2. The molecule has 0 atom stereocenters. The van der Waals surface area contributed by atoms with Gasteiger partial charge in [-0.05, 0) is 42.2 Å². The number of carbonyl (C=O) groups is 1. The molecule has 0 radical (unpaired) electrons. The summed E-state index contributed by atoms with van der Waals surface area (Å²) in [4.78, 5) is 22.3. The molecular weight excluding hydrogens is 382 g/mol. The summed E-state index contributed by atoms with van der Waals surface area (Å²) in [5.41, 5.74) is 2.78. The molecule has 0 fully saturated rings. The fraction of sp³-hybridized carbons (Fsp3) is 0.348. The maximum Gasteiger partial charge on any atom is 0.269 e. The van der Waals surface area contributed by atoms with E-state index in [2.05, 4.69) is 17.6 Å². The minimum Gasteiger partial charge on any atom is -0.491 e. The third-order valence-electron chi connectivity index (χ3n) is 4.57. The van der Waals surface area contributed by atoms with Crippen molar-refractivity contribution in [3.63, 3.8) is 0 Å². The Morgan fingerprint density at radius 2 is 1.93 bits per heavy atom. The molecule has 0 saturated heterocycles. The first-order valence-corrected chi connectivity index (χ1v) is 10.2. The Morgan fingerprint density at radius 1 is 1.17 bits per heavy atom. The van der Waals surface area contributed by atoms with Crippen LogP contribution in [0, 0.1) is 10.1 Å². The highest BCUT2D eigenvalue weighted by atomic mass is 16.6. The number of nitro benzene ring substituents is 1. The number of unbranched alkanes of at least 4 members (excludes halogenated alkanes) is 2. The van der Waals surface area contributed by atoms with E-state index in [1.807, 2.05) is 25.2 Å². The van der Waals surface area contributed by atoms with E-state index < -0.39 is 4.92 Å². The number of anilines is 1. The van der Waals surface area contributed by atoms with Crippen LogP contribution in [-0.4, -0.2) is 31.0 Å². The molecule has 160 valence electrons. The van der Waals surface area contributed by atoms with E-state index in [0.717, 1.165) is 41.8 Å². The predicted molar refractivity (Wildman–Crippen MR) is 120 cm³/mol. The minimum absolute atomic E-state index is 0.0590. The molecule has 7 heteroatoms. The van der Waals surface area contributed by atoms with Crippen LogP contribution < -0.4 is 15.4 Å². The van der Waals surface area contributed by atoms with E-state index in [1.165, 1.54) is 18.2 Å². The molecule has 2 rings (SSSR count). The van der Waals surface area contributed by atoms with Crippen molar-refractivity contribution in [1.29, 1.82) is 0 Å². The molecule has 2 aromatic rings. The number of non-ortho nitro benzene ring substituents is 1. The molecule has 0 aliphatic carbocycles. The summed E-state index contributed by atoms with van der Waals surface area (Å²) in [6, 6.07) is 12.1. The molecule has 0 spiro atoms. The molecule has 0 saturated carbocycles. The quantitative estimate of drug-likeness (QED) is 0.231. The van der Waals surface area contributed by atoms with Crippen LogP contribution in [0.5, 0.6) is 5.75 Å². The van der Waals surface area contributed by atoms with Crippen molar-refractivity contribution in [2.24, 2.45) is 0 Å². The fourth-order valence-electron chi connectivity index (χ4n) is 2.85. The molecule has 0 unspecified atom stereocenters. The summed E-state index contributed by atoms with van der Waals surface area (Å²) in [7, 11) is 1.85. The second-order valence-corrected chi connectivity index (χ2v) is 6.86. The highest BCUT2D eigenvalue weighted by Gasteiger charge is 2.05. The molecular formula is C23H29N3O4. The van der Waals surface area contributed by atoms with E-state index in [4.69, 9.17) is 4.74 Å². The van der Waals surface area contributed by atoms with Gasteiger partial charge >= 0.3 is 0 Å². The topological polar surface area (TPSA) is 93.5 Å². The van der Waals surface area contributed by atoms with Crippen LogP contribution in [0.1, 0.15) is 37.3 Å². The van der Waals surface area contributed by atoms with Crippen LogP contribution >= 0.6 is 0 Å². The number of benzene rings is 2. The molecule has 30 heavy (non-hydrogen) atoms. The molecule has 7 nitrogen and oxygen atoms in total. The van der Waals surface area contributed by atoms with Gasteiger partial charge in [-0.3, -0.25) is 14.9 Å². The summed E-state index contributed by atoms with van der Waals surface area (Å²) in [6.07, 6.45) is 7.13. The zero-order chi connectivity index (χ0) is 21.8. The van der Waals surface area contributed by atoms with Crippen LogP contribution in [-0.2, 0) is 11.2 Å². The van der Waals surface area contributed by atoms with Crippen molar-refractivity contribution in [3.05, 3.63) is 69.8 Å². The second-order valence-electron chi connectivity index (χ2n) is 6.86. The molecule has 2 N–H and O–H groups in total. The Kier molecular flexibility index (Phi) is 9.37. The Hall–Kier alpha value is -3.35. The molecule has 1 amide bonds. The standard InChI is InChI=1S/C23H29N3O4/c1-3-4-5-16-30-22-17-19(8-12-21(22)24-2)9-13-23(27)25-15-14-18-6-10-20(11-7-18)26(28)29/h6-13,17,24H,3-5,14-16H2,1-2H3,(H,25,27)/b13-9+. The van der Waals surface area contributed by atoms with Crippen molar-refractivity contribution in [1.82, 2.24) is 5.32 Å². The van der Waals surface area contributed by atoms with Crippen molar-refractivity contribution in [2.75, 3.05) is 25.5 Å². The Labute approximate surface area is 177 Å².